The molecule has 1 fully saturated rings. The number of rotatable bonds is 6. The first-order valence-corrected chi connectivity index (χ1v) is 8.59. The first-order chi connectivity index (χ1) is 10.6. The average Bonchev–Trinajstić information content (AvgIpc) is 3.06. The molecule has 2 heterocycles. The summed E-state index contributed by atoms with van der Waals surface area (Å²) < 4.78 is 1.85. The van der Waals surface area contributed by atoms with Crippen molar-refractivity contribution in [1.82, 2.24) is 20.0 Å². The average molecular weight is 305 g/mol. The normalized spacial score (nSPS) is 19.2. The molecule has 0 amide bonds. The van der Waals surface area contributed by atoms with Crippen LogP contribution in [0.25, 0.3) is 0 Å². The monoisotopic (exact) mass is 305 g/mol. The summed E-state index contributed by atoms with van der Waals surface area (Å²) in [6.45, 7) is 10.8. The van der Waals surface area contributed by atoms with Crippen molar-refractivity contribution in [2.24, 2.45) is 23.9 Å². The number of likely N-dealkylation sites (tertiary alicyclic amines) is 1. The van der Waals surface area contributed by atoms with Gasteiger partial charge in [0.1, 0.15) is 0 Å². The molecule has 0 spiro atoms. The summed E-state index contributed by atoms with van der Waals surface area (Å²) in [7, 11) is 1.95. The highest BCUT2D eigenvalue weighted by Crippen LogP contribution is 2.23. The summed E-state index contributed by atoms with van der Waals surface area (Å²) in [5, 5.41) is 7.65. The van der Waals surface area contributed by atoms with Crippen molar-refractivity contribution in [1.29, 1.82) is 0 Å². The zero-order valence-electron chi connectivity index (χ0n) is 14.5. The van der Waals surface area contributed by atoms with E-state index in [1.54, 1.807) is 0 Å². The van der Waals surface area contributed by atoms with E-state index in [4.69, 9.17) is 4.99 Å². The van der Waals surface area contributed by atoms with Gasteiger partial charge in [-0.05, 0) is 43.6 Å². The van der Waals surface area contributed by atoms with E-state index in [0.29, 0.717) is 0 Å². The zero-order valence-corrected chi connectivity index (χ0v) is 14.5. The van der Waals surface area contributed by atoms with E-state index in [2.05, 4.69) is 42.3 Å². The van der Waals surface area contributed by atoms with Crippen LogP contribution >= 0.6 is 0 Å². The fourth-order valence-corrected chi connectivity index (χ4v) is 3.20. The van der Waals surface area contributed by atoms with Crippen LogP contribution in [0.3, 0.4) is 0 Å². The number of guanidine groups is 1. The summed E-state index contributed by atoms with van der Waals surface area (Å²) in [5.74, 6) is 2.69. The maximum atomic E-state index is 4.81. The molecule has 1 aromatic rings. The third-order valence-electron chi connectivity index (χ3n) is 4.15. The van der Waals surface area contributed by atoms with E-state index in [1.807, 2.05) is 17.9 Å². The third kappa shape index (κ3) is 5.04. The molecule has 0 radical (unpaired) electrons. The highest BCUT2D eigenvalue weighted by Gasteiger charge is 2.25. The van der Waals surface area contributed by atoms with Gasteiger partial charge >= 0.3 is 0 Å². The number of aliphatic imine (C=N–C) groups is 1. The smallest absolute Gasteiger partial charge is 0.193 e. The second-order valence-electron chi connectivity index (χ2n) is 6.74. The van der Waals surface area contributed by atoms with E-state index < -0.39 is 0 Å². The standard InChI is InChI=1S/C17H31N5/c1-5-18-17(19-8-6-16-11-20-21(4)12-16)22-9-7-15(13-22)10-14(2)3/h11-12,14-15H,5-10,13H2,1-4H3,(H,18,19). The van der Waals surface area contributed by atoms with Crippen molar-refractivity contribution >= 4 is 5.96 Å². The predicted molar refractivity (Wildman–Crippen MR) is 92.0 cm³/mol. The minimum absolute atomic E-state index is 0.787. The summed E-state index contributed by atoms with van der Waals surface area (Å²) in [6.07, 6.45) is 7.57. The number of nitrogens with one attached hydrogen (secondary N) is 1. The molecular formula is C17H31N5. The van der Waals surface area contributed by atoms with E-state index in [1.165, 1.54) is 18.4 Å². The maximum Gasteiger partial charge on any atom is 0.193 e. The van der Waals surface area contributed by atoms with Gasteiger partial charge in [-0.25, -0.2) is 0 Å². The van der Waals surface area contributed by atoms with Crippen molar-refractivity contribution in [3.05, 3.63) is 18.0 Å². The molecule has 1 N–H and O–H groups in total. The molecule has 0 aliphatic carbocycles. The Morgan fingerprint density at radius 2 is 2.32 bits per heavy atom. The maximum absolute atomic E-state index is 4.81. The molecule has 0 aromatic carbocycles. The molecule has 1 atom stereocenters. The first kappa shape index (κ1) is 16.8. The lowest BCUT2D eigenvalue weighted by atomic mass is 9.97. The second kappa shape index (κ2) is 8.20. The molecule has 0 saturated carbocycles. The molecule has 1 unspecified atom stereocenters. The fraction of sp³-hybridized carbons (Fsp3) is 0.765. The number of aryl methyl sites for hydroxylation is 1. The molecule has 124 valence electrons. The zero-order chi connectivity index (χ0) is 15.9. The molecule has 0 bridgehead atoms. The van der Waals surface area contributed by atoms with Crippen molar-refractivity contribution in [3.63, 3.8) is 0 Å². The molecule has 1 aliphatic heterocycles. The molecule has 5 heteroatoms. The first-order valence-electron chi connectivity index (χ1n) is 8.59. The Hall–Kier alpha value is -1.52. The quantitative estimate of drug-likeness (QED) is 0.648. The van der Waals surface area contributed by atoms with Crippen molar-refractivity contribution < 1.29 is 0 Å². The fourth-order valence-electron chi connectivity index (χ4n) is 3.20. The lowest BCUT2D eigenvalue weighted by Crippen LogP contribution is -2.40. The van der Waals surface area contributed by atoms with Crippen molar-refractivity contribution in [3.8, 4) is 0 Å². The Morgan fingerprint density at radius 1 is 1.50 bits per heavy atom. The Kier molecular flexibility index (Phi) is 6.28. The van der Waals surface area contributed by atoms with E-state index in [9.17, 15) is 0 Å². The summed E-state index contributed by atoms with van der Waals surface area (Å²) in [4.78, 5) is 7.24. The van der Waals surface area contributed by atoms with Gasteiger partial charge in [-0.1, -0.05) is 13.8 Å². The van der Waals surface area contributed by atoms with Gasteiger partial charge in [0.25, 0.3) is 0 Å². The number of hydrogen-bond donors (Lipinski definition) is 1. The van der Waals surface area contributed by atoms with Crippen molar-refractivity contribution in [2.75, 3.05) is 26.2 Å². The van der Waals surface area contributed by atoms with Crippen LogP contribution in [-0.4, -0.2) is 46.8 Å². The summed E-state index contributed by atoms with van der Waals surface area (Å²) >= 11 is 0. The molecule has 1 aliphatic rings. The van der Waals surface area contributed by atoms with Gasteiger partial charge in [-0.2, -0.15) is 5.10 Å². The lowest BCUT2D eigenvalue weighted by molar-refractivity contribution is 0.403. The Bertz CT molecular complexity index is 477. The summed E-state index contributed by atoms with van der Waals surface area (Å²) in [6, 6.07) is 0. The Morgan fingerprint density at radius 3 is 2.95 bits per heavy atom. The van der Waals surface area contributed by atoms with Gasteiger partial charge < -0.3 is 10.2 Å². The Balaban J connectivity index is 1.87. The molecule has 1 aromatic heterocycles. The summed E-state index contributed by atoms with van der Waals surface area (Å²) in [5.41, 5.74) is 1.25. The van der Waals surface area contributed by atoms with Crippen molar-refractivity contribution in [2.45, 2.75) is 40.0 Å². The van der Waals surface area contributed by atoms with Gasteiger partial charge in [0.15, 0.2) is 5.96 Å². The van der Waals surface area contributed by atoms with Crippen LogP contribution in [0.1, 0.15) is 39.2 Å². The molecule has 2 rings (SSSR count). The number of nitrogens with zero attached hydrogens (tertiary/aromatic N) is 4. The molecule has 5 nitrogen and oxygen atoms in total. The highest BCUT2D eigenvalue weighted by molar-refractivity contribution is 5.80. The highest BCUT2D eigenvalue weighted by atomic mass is 15.3. The number of hydrogen-bond acceptors (Lipinski definition) is 2. The lowest BCUT2D eigenvalue weighted by Gasteiger charge is -2.22. The minimum atomic E-state index is 0.787. The van der Waals surface area contributed by atoms with E-state index in [-0.39, 0.29) is 0 Å². The largest absolute Gasteiger partial charge is 0.357 e. The third-order valence-corrected chi connectivity index (χ3v) is 4.15. The predicted octanol–water partition coefficient (Wildman–Crippen LogP) is 2.30. The molecule has 1 saturated heterocycles. The Labute approximate surface area is 134 Å². The van der Waals surface area contributed by atoms with Crippen LogP contribution in [0.2, 0.25) is 0 Å². The van der Waals surface area contributed by atoms with Crippen LogP contribution in [0.15, 0.2) is 17.4 Å². The molecule has 22 heavy (non-hydrogen) atoms. The van der Waals surface area contributed by atoms with Gasteiger partial charge in [0, 0.05) is 39.4 Å². The number of aromatic nitrogens is 2. The minimum Gasteiger partial charge on any atom is -0.357 e. The van der Waals surface area contributed by atoms with E-state index in [0.717, 1.165) is 50.4 Å². The van der Waals surface area contributed by atoms with Crippen LogP contribution in [0.5, 0.6) is 0 Å². The van der Waals surface area contributed by atoms with Gasteiger partial charge in [-0.3, -0.25) is 9.67 Å². The van der Waals surface area contributed by atoms with Gasteiger partial charge in [-0.15, -0.1) is 0 Å². The van der Waals surface area contributed by atoms with Gasteiger partial charge in [0.05, 0.1) is 6.20 Å². The molecular weight excluding hydrogens is 274 g/mol. The van der Waals surface area contributed by atoms with Crippen LogP contribution in [-0.2, 0) is 13.5 Å². The topological polar surface area (TPSA) is 45.5 Å². The van der Waals surface area contributed by atoms with Crippen LogP contribution in [0, 0.1) is 11.8 Å². The SMILES string of the molecule is CCNC(=NCCc1cnn(C)c1)N1CCC(CC(C)C)C1. The second-order valence-corrected chi connectivity index (χ2v) is 6.74. The van der Waals surface area contributed by atoms with Gasteiger partial charge in [0.2, 0.25) is 0 Å². The van der Waals surface area contributed by atoms with Crippen LogP contribution < -0.4 is 5.32 Å². The van der Waals surface area contributed by atoms with Crippen LogP contribution in [0.4, 0.5) is 0 Å². The van der Waals surface area contributed by atoms with E-state index >= 15 is 0 Å².